The first-order valence-electron chi connectivity index (χ1n) is 8.11. The first-order valence-corrected chi connectivity index (χ1v) is 8.11. The number of benzene rings is 1. The van der Waals surface area contributed by atoms with Gasteiger partial charge < -0.3 is 19.9 Å². The lowest BCUT2D eigenvalue weighted by molar-refractivity contribution is -0.139. The third-order valence-electron chi connectivity index (χ3n) is 4.94. The molecule has 0 saturated heterocycles. The summed E-state index contributed by atoms with van der Waals surface area (Å²) in [6, 6.07) is 7.22. The van der Waals surface area contributed by atoms with Crippen molar-refractivity contribution in [2.45, 2.75) is 24.9 Å². The van der Waals surface area contributed by atoms with Crippen LogP contribution in [0.25, 0.3) is 0 Å². The van der Waals surface area contributed by atoms with E-state index in [0.717, 1.165) is 16.9 Å². The van der Waals surface area contributed by atoms with Gasteiger partial charge in [0, 0.05) is 29.7 Å². The SMILES string of the molecule is O=C1CCc2c(Oc3ccc4c(c3)C3C(O4)[C@H]3C(=O)O)ccnc2N1. The lowest BCUT2D eigenvalue weighted by Crippen LogP contribution is -2.20. The van der Waals surface area contributed by atoms with Crippen LogP contribution in [0.5, 0.6) is 17.2 Å². The van der Waals surface area contributed by atoms with Gasteiger partial charge in [-0.05, 0) is 30.7 Å². The number of carboxylic acid groups (broad SMARTS) is 1. The van der Waals surface area contributed by atoms with Gasteiger partial charge in [0.1, 0.15) is 35.1 Å². The number of amides is 1. The largest absolute Gasteiger partial charge is 0.489 e. The van der Waals surface area contributed by atoms with Crippen LogP contribution in [0.1, 0.15) is 23.5 Å². The number of nitrogens with zero attached hydrogens (tertiary/aromatic N) is 1. The Kier molecular flexibility index (Phi) is 2.83. The van der Waals surface area contributed by atoms with E-state index < -0.39 is 11.9 Å². The van der Waals surface area contributed by atoms with E-state index in [-0.39, 0.29) is 17.9 Å². The van der Waals surface area contributed by atoms with Gasteiger partial charge in [-0.2, -0.15) is 0 Å². The summed E-state index contributed by atoms with van der Waals surface area (Å²) >= 11 is 0. The monoisotopic (exact) mass is 338 g/mol. The Labute approximate surface area is 142 Å². The first-order chi connectivity index (χ1) is 12.1. The zero-order valence-electron chi connectivity index (χ0n) is 13.1. The fraction of sp³-hybridized carbons (Fsp3) is 0.278. The number of nitrogens with one attached hydrogen (secondary N) is 1. The number of carboxylic acids is 1. The van der Waals surface area contributed by atoms with E-state index >= 15 is 0 Å². The molecule has 0 radical (unpaired) electrons. The molecule has 3 heterocycles. The molecule has 126 valence electrons. The van der Waals surface area contributed by atoms with E-state index in [1.165, 1.54) is 0 Å². The van der Waals surface area contributed by atoms with Gasteiger partial charge in [-0.25, -0.2) is 4.98 Å². The minimum Gasteiger partial charge on any atom is -0.489 e. The average molecular weight is 338 g/mol. The minimum atomic E-state index is -0.828. The maximum atomic E-state index is 11.5. The second-order valence-corrected chi connectivity index (χ2v) is 6.46. The van der Waals surface area contributed by atoms with Crippen molar-refractivity contribution in [1.29, 1.82) is 0 Å². The number of pyridine rings is 1. The van der Waals surface area contributed by atoms with Gasteiger partial charge >= 0.3 is 5.97 Å². The second-order valence-electron chi connectivity index (χ2n) is 6.46. The standard InChI is InChI=1S/C18H14N2O5/c21-13-4-2-9-12(5-6-19-17(9)20-13)24-8-1-3-11-10(7-8)14-15(18(22)23)16(14)25-11/h1,3,5-7,14-16H,2,4H2,(H,22,23)(H,19,20,21)/t14?,15-,16?/m0/s1. The Bertz CT molecular complexity index is 926. The van der Waals surface area contributed by atoms with Crippen LogP contribution in [0.15, 0.2) is 30.5 Å². The Balaban J connectivity index is 1.44. The van der Waals surface area contributed by atoms with Crippen LogP contribution < -0.4 is 14.8 Å². The fourth-order valence-electron chi connectivity index (χ4n) is 3.68. The van der Waals surface area contributed by atoms with Crippen LogP contribution in [0.4, 0.5) is 5.82 Å². The molecular weight excluding hydrogens is 324 g/mol. The molecule has 2 aromatic rings. The van der Waals surface area contributed by atoms with E-state index in [9.17, 15) is 14.7 Å². The van der Waals surface area contributed by atoms with Crippen molar-refractivity contribution in [3.05, 3.63) is 41.6 Å². The number of hydrogen-bond acceptors (Lipinski definition) is 5. The molecule has 1 aromatic heterocycles. The molecule has 1 aliphatic carbocycles. The maximum absolute atomic E-state index is 11.5. The zero-order valence-corrected chi connectivity index (χ0v) is 13.1. The van der Waals surface area contributed by atoms with Crippen LogP contribution >= 0.6 is 0 Å². The molecule has 2 N–H and O–H groups in total. The highest BCUT2D eigenvalue weighted by Gasteiger charge is 2.63. The smallest absolute Gasteiger partial charge is 0.311 e. The van der Waals surface area contributed by atoms with Gasteiger partial charge in [-0.15, -0.1) is 0 Å². The molecule has 7 heteroatoms. The van der Waals surface area contributed by atoms with Crippen molar-refractivity contribution in [3.8, 4) is 17.2 Å². The lowest BCUT2D eigenvalue weighted by Gasteiger charge is -2.19. The molecule has 3 atom stereocenters. The summed E-state index contributed by atoms with van der Waals surface area (Å²) in [5, 5.41) is 11.9. The van der Waals surface area contributed by atoms with E-state index in [2.05, 4.69) is 10.3 Å². The highest BCUT2D eigenvalue weighted by atomic mass is 16.5. The zero-order chi connectivity index (χ0) is 17.1. The molecule has 1 fully saturated rings. The number of carbonyl (C=O) groups is 2. The van der Waals surface area contributed by atoms with Gasteiger partial charge in [0.25, 0.3) is 0 Å². The summed E-state index contributed by atoms with van der Waals surface area (Å²) in [5.41, 5.74) is 1.75. The quantitative estimate of drug-likeness (QED) is 0.891. The van der Waals surface area contributed by atoms with Crippen LogP contribution in [-0.2, 0) is 16.0 Å². The molecule has 1 aromatic carbocycles. The van der Waals surface area contributed by atoms with E-state index in [4.69, 9.17) is 9.47 Å². The predicted octanol–water partition coefficient (Wildman–Crippen LogP) is 2.32. The number of carbonyl (C=O) groups excluding carboxylic acids is 1. The second kappa shape index (κ2) is 4.95. The van der Waals surface area contributed by atoms with Crippen LogP contribution in [0.2, 0.25) is 0 Å². The van der Waals surface area contributed by atoms with Crippen molar-refractivity contribution in [3.63, 3.8) is 0 Å². The highest BCUT2D eigenvalue weighted by Crippen LogP contribution is 2.59. The highest BCUT2D eigenvalue weighted by molar-refractivity contribution is 5.93. The third kappa shape index (κ3) is 2.15. The molecule has 1 saturated carbocycles. The summed E-state index contributed by atoms with van der Waals surface area (Å²) in [6.07, 6.45) is 2.31. The predicted molar refractivity (Wildman–Crippen MR) is 86.0 cm³/mol. The molecule has 2 unspecified atom stereocenters. The third-order valence-corrected chi connectivity index (χ3v) is 4.94. The fourth-order valence-corrected chi connectivity index (χ4v) is 3.68. The van der Waals surface area contributed by atoms with Gasteiger partial charge in [0.2, 0.25) is 5.91 Å². The molecule has 0 spiro atoms. The van der Waals surface area contributed by atoms with E-state index in [1.807, 2.05) is 12.1 Å². The number of aliphatic carboxylic acids is 1. The Morgan fingerprint density at radius 1 is 1.32 bits per heavy atom. The molecule has 5 rings (SSSR count). The molecular formula is C18H14N2O5. The summed E-state index contributed by atoms with van der Waals surface area (Å²) in [4.78, 5) is 26.9. The molecule has 3 aliphatic rings. The normalized spacial score (nSPS) is 25.1. The number of rotatable bonds is 3. The summed E-state index contributed by atoms with van der Waals surface area (Å²) < 4.78 is 11.7. The van der Waals surface area contributed by atoms with Gasteiger partial charge in [0.15, 0.2) is 0 Å². The van der Waals surface area contributed by atoms with Crippen molar-refractivity contribution < 1.29 is 24.2 Å². The molecule has 25 heavy (non-hydrogen) atoms. The maximum Gasteiger partial charge on any atom is 0.311 e. The molecule has 7 nitrogen and oxygen atoms in total. The van der Waals surface area contributed by atoms with Crippen molar-refractivity contribution in [1.82, 2.24) is 4.98 Å². The summed E-state index contributed by atoms with van der Waals surface area (Å²) in [5.74, 6) is 1.08. The Hall–Kier alpha value is -3.09. The number of anilines is 1. The van der Waals surface area contributed by atoms with Crippen molar-refractivity contribution in [2.75, 3.05) is 5.32 Å². The first kappa shape index (κ1) is 14.3. The molecule has 0 bridgehead atoms. The van der Waals surface area contributed by atoms with Crippen LogP contribution in [0.3, 0.4) is 0 Å². The number of ether oxygens (including phenoxy) is 2. The molecule has 2 aliphatic heterocycles. The summed E-state index contributed by atoms with van der Waals surface area (Å²) in [7, 11) is 0. The average Bonchev–Trinajstić information content (AvgIpc) is 3.19. The van der Waals surface area contributed by atoms with Crippen molar-refractivity contribution >= 4 is 17.7 Å². The van der Waals surface area contributed by atoms with Gasteiger partial charge in [-0.3, -0.25) is 9.59 Å². The van der Waals surface area contributed by atoms with Gasteiger partial charge in [-0.1, -0.05) is 0 Å². The number of fused-ring (bicyclic) bond motifs is 4. The number of aromatic nitrogens is 1. The molecule has 1 amide bonds. The van der Waals surface area contributed by atoms with Crippen molar-refractivity contribution in [2.24, 2.45) is 5.92 Å². The Morgan fingerprint density at radius 3 is 3.04 bits per heavy atom. The lowest BCUT2D eigenvalue weighted by atomic mass is 10.1. The van der Waals surface area contributed by atoms with E-state index in [0.29, 0.717) is 30.2 Å². The van der Waals surface area contributed by atoms with E-state index in [1.54, 1.807) is 18.3 Å². The van der Waals surface area contributed by atoms with Crippen LogP contribution in [-0.4, -0.2) is 28.1 Å². The van der Waals surface area contributed by atoms with Crippen LogP contribution in [0, 0.1) is 5.92 Å². The summed E-state index contributed by atoms with van der Waals surface area (Å²) in [6.45, 7) is 0. The Morgan fingerprint density at radius 2 is 2.20 bits per heavy atom. The topological polar surface area (TPSA) is 97.8 Å². The van der Waals surface area contributed by atoms with Gasteiger partial charge in [0.05, 0.1) is 0 Å². The minimum absolute atomic E-state index is 0.0497. The number of hydrogen-bond donors (Lipinski definition) is 2.